The maximum Gasteiger partial charge on any atom is 0.471 e. The van der Waals surface area contributed by atoms with Crippen LogP contribution in [0.5, 0.6) is 0 Å². The van der Waals surface area contributed by atoms with Crippen LogP contribution in [0.1, 0.15) is 12.5 Å². The second-order valence-corrected chi connectivity index (χ2v) is 4.12. The van der Waals surface area contributed by atoms with E-state index in [0.717, 1.165) is 6.92 Å². The lowest BCUT2D eigenvalue weighted by Crippen LogP contribution is -2.57. The van der Waals surface area contributed by atoms with Gasteiger partial charge in [0.15, 0.2) is 0 Å². The molecule has 1 amide bonds. The largest absolute Gasteiger partial charge is 0.480 e. The van der Waals surface area contributed by atoms with E-state index in [0.29, 0.717) is 5.56 Å². The van der Waals surface area contributed by atoms with Crippen molar-refractivity contribution in [3.8, 4) is 0 Å². The molecule has 5 nitrogen and oxygen atoms in total. The summed E-state index contributed by atoms with van der Waals surface area (Å²) in [6.45, 7) is 1.01. The summed E-state index contributed by atoms with van der Waals surface area (Å²) in [5, 5.41) is 10.5. The Hall–Kier alpha value is -2.12. The Kier molecular flexibility index (Phi) is 4.13. The molecule has 1 unspecified atom stereocenters. The molecule has 0 aliphatic carbocycles. The second-order valence-electron chi connectivity index (χ2n) is 4.12. The van der Waals surface area contributed by atoms with E-state index in [2.05, 4.69) is 4.98 Å². The molecule has 1 atom stereocenters. The van der Waals surface area contributed by atoms with Crippen molar-refractivity contribution in [3.63, 3.8) is 0 Å². The van der Waals surface area contributed by atoms with Crippen LogP contribution >= 0.6 is 0 Å². The topological polar surface area (TPSA) is 79.3 Å². The number of rotatable bonds is 4. The van der Waals surface area contributed by atoms with Crippen molar-refractivity contribution < 1.29 is 27.9 Å². The summed E-state index contributed by atoms with van der Waals surface area (Å²) < 4.78 is 36.5. The van der Waals surface area contributed by atoms with Crippen molar-refractivity contribution in [1.29, 1.82) is 0 Å². The van der Waals surface area contributed by atoms with Crippen molar-refractivity contribution in [3.05, 3.63) is 30.1 Å². The van der Waals surface area contributed by atoms with Crippen LogP contribution in [-0.2, 0) is 16.0 Å². The molecule has 0 aliphatic rings. The van der Waals surface area contributed by atoms with Gasteiger partial charge in [-0.2, -0.15) is 13.2 Å². The van der Waals surface area contributed by atoms with Gasteiger partial charge in [-0.05, 0) is 24.6 Å². The molecule has 19 heavy (non-hydrogen) atoms. The first-order chi connectivity index (χ1) is 8.65. The fourth-order valence-corrected chi connectivity index (χ4v) is 1.40. The minimum atomic E-state index is -5.13. The Labute approximate surface area is 106 Å². The van der Waals surface area contributed by atoms with Crippen LogP contribution in [0.3, 0.4) is 0 Å². The zero-order valence-corrected chi connectivity index (χ0v) is 9.86. The Morgan fingerprint density at radius 2 is 1.84 bits per heavy atom. The summed E-state index contributed by atoms with van der Waals surface area (Å²) in [6.07, 6.45) is -2.66. The van der Waals surface area contributed by atoms with Gasteiger partial charge in [0, 0.05) is 18.8 Å². The van der Waals surface area contributed by atoms with E-state index < -0.39 is 23.6 Å². The van der Waals surface area contributed by atoms with Crippen LogP contribution in [0, 0.1) is 0 Å². The molecule has 2 N–H and O–H groups in total. The number of alkyl halides is 3. The summed E-state index contributed by atoms with van der Waals surface area (Å²) in [7, 11) is 0. The molecule has 0 spiro atoms. The Morgan fingerprint density at radius 3 is 2.26 bits per heavy atom. The van der Waals surface area contributed by atoms with Gasteiger partial charge in [-0.3, -0.25) is 9.78 Å². The van der Waals surface area contributed by atoms with Crippen LogP contribution in [0.15, 0.2) is 24.5 Å². The molecule has 104 valence electrons. The van der Waals surface area contributed by atoms with E-state index >= 15 is 0 Å². The highest BCUT2D eigenvalue weighted by molar-refractivity contribution is 5.89. The van der Waals surface area contributed by atoms with Gasteiger partial charge in [-0.1, -0.05) is 0 Å². The number of carbonyl (C=O) groups excluding carboxylic acids is 1. The molecule has 0 aliphatic heterocycles. The van der Waals surface area contributed by atoms with Gasteiger partial charge in [0.05, 0.1) is 0 Å². The standard InChI is InChI=1S/C11H11F3N2O3/c1-10(9(18)19,16-8(17)11(12,13)14)6-7-2-4-15-5-3-7/h2-5H,6H2,1H3,(H,16,17)(H,18,19). The van der Waals surface area contributed by atoms with Gasteiger partial charge in [0.25, 0.3) is 0 Å². The first kappa shape index (κ1) is 14.9. The number of hydrogen-bond donors (Lipinski definition) is 2. The maximum absolute atomic E-state index is 12.2. The highest BCUT2D eigenvalue weighted by atomic mass is 19.4. The fraction of sp³-hybridized carbons (Fsp3) is 0.364. The Bertz CT molecular complexity index is 476. The molecule has 1 aromatic rings. The van der Waals surface area contributed by atoms with E-state index in [1.54, 1.807) is 0 Å². The third kappa shape index (κ3) is 3.94. The molecular weight excluding hydrogens is 265 g/mol. The fourth-order valence-electron chi connectivity index (χ4n) is 1.40. The van der Waals surface area contributed by atoms with E-state index in [1.807, 2.05) is 0 Å². The lowest BCUT2D eigenvalue weighted by Gasteiger charge is -2.26. The second kappa shape index (κ2) is 5.25. The molecule has 1 rings (SSSR count). The molecule has 0 saturated carbocycles. The number of carboxylic acid groups (broad SMARTS) is 1. The normalized spacial score (nSPS) is 14.5. The predicted molar refractivity (Wildman–Crippen MR) is 58.2 cm³/mol. The number of nitrogens with one attached hydrogen (secondary N) is 1. The van der Waals surface area contributed by atoms with Gasteiger partial charge in [-0.25, -0.2) is 4.79 Å². The maximum atomic E-state index is 12.2. The molecule has 1 heterocycles. The Balaban J connectivity index is 2.93. The molecule has 1 aromatic heterocycles. The first-order valence-corrected chi connectivity index (χ1v) is 5.17. The number of carbonyl (C=O) groups is 2. The quantitative estimate of drug-likeness (QED) is 0.864. The molecular formula is C11H11F3N2O3. The summed E-state index contributed by atoms with van der Waals surface area (Å²) in [6, 6.07) is 2.92. The smallest absolute Gasteiger partial charge is 0.471 e. The lowest BCUT2D eigenvalue weighted by molar-refractivity contribution is -0.177. The van der Waals surface area contributed by atoms with Gasteiger partial charge >= 0.3 is 18.1 Å². The van der Waals surface area contributed by atoms with Crippen LogP contribution in [0.2, 0.25) is 0 Å². The van der Waals surface area contributed by atoms with Gasteiger partial charge < -0.3 is 10.4 Å². The number of aliphatic carboxylic acids is 1. The van der Waals surface area contributed by atoms with E-state index in [1.165, 1.54) is 29.8 Å². The number of nitrogens with zero attached hydrogens (tertiary/aromatic N) is 1. The summed E-state index contributed by atoms with van der Waals surface area (Å²) in [5.74, 6) is -3.84. The summed E-state index contributed by atoms with van der Waals surface area (Å²) in [4.78, 5) is 25.7. The highest BCUT2D eigenvalue weighted by Crippen LogP contribution is 2.19. The third-order valence-corrected chi connectivity index (χ3v) is 2.43. The van der Waals surface area contributed by atoms with E-state index in [4.69, 9.17) is 5.11 Å². The zero-order valence-electron chi connectivity index (χ0n) is 9.86. The average molecular weight is 276 g/mol. The SMILES string of the molecule is CC(Cc1ccncc1)(NC(=O)C(F)(F)F)C(=O)O. The van der Waals surface area contributed by atoms with Crippen LogP contribution in [-0.4, -0.2) is 33.7 Å². The molecule has 0 aromatic carbocycles. The van der Waals surface area contributed by atoms with Gasteiger partial charge in [0.1, 0.15) is 5.54 Å². The lowest BCUT2D eigenvalue weighted by atomic mass is 9.93. The number of amides is 1. The average Bonchev–Trinajstić information content (AvgIpc) is 2.28. The predicted octanol–water partition coefficient (Wildman–Crippen LogP) is 1.15. The van der Waals surface area contributed by atoms with Crippen molar-refractivity contribution in [2.75, 3.05) is 0 Å². The zero-order chi connectivity index (χ0) is 14.7. The van der Waals surface area contributed by atoms with Crippen molar-refractivity contribution in [1.82, 2.24) is 10.3 Å². The van der Waals surface area contributed by atoms with Crippen molar-refractivity contribution in [2.45, 2.75) is 25.1 Å². The number of hydrogen-bond acceptors (Lipinski definition) is 3. The molecule has 0 radical (unpaired) electrons. The monoisotopic (exact) mass is 276 g/mol. The first-order valence-electron chi connectivity index (χ1n) is 5.17. The van der Waals surface area contributed by atoms with Crippen LogP contribution in [0.4, 0.5) is 13.2 Å². The number of carboxylic acids is 1. The van der Waals surface area contributed by atoms with Crippen molar-refractivity contribution in [2.24, 2.45) is 0 Å². The highest BCUT2D eigenvalue weighted by Gasteiger charge is 2.45. The van der Waals surface area contributed by atoms with Gasteiger partial charge in [0.2, 0.25) is 0 Å². The molecule has 0 bridgehead atoms. The number of halogens is 3. The minimum Gasteiger partial charge on any atom is -0.480 e. The number of pyridine rings is 1. The minimum absolute atomic E-state index is 0.285. The molecule has 8 heteroatoms. The van der Waals surface area contributed by atoms with Crippen molar-refractivity contribution >= 4 is 11.9 Å². The third-order valence-electron chi connectivity index (χ3n) is 2.43. The summed E-state index contributed by atoms with van der Waals surface area (Å²) in [5.41, 5.74) is -1.60. The van der Waals surface area contributed by atoms with Gasteiger partial charge in [-0.15, -0.1) is 0 Å². The van der Waals surface area contributed by atoms with E-state index in [-0.39, 0.29) is 6.42 Å². The molecule has 0 saturated heterocycles. The number of aromatic nitrogens is 1. The van der Waals surface area contributed by atoms with E-state index in [9.17, 15) is 22.8 Å². The Morgan fingerprint density at radius 1 is 1.32 bits per heavy atom. The van der Waals surface area contributed by atoms with Crippen LogP contribution < -0.4 is 5.32 Å². The van der Waals surface area contributed by atoms with Crippen LogP contribution in [0.25, 0.3) is 0 Å². The molecule has 0 fully saturated rings. The summed E-state index contributed by atoms with van der Waals surface area (Å²) >= 11 is 0.